The van der Waals surface area contributed by atoms with Gasteiger partial charge in [-0.05, 0) is 30.2 Å². The number of ether oxygens (including phenoxy) is 3. The molecular formula is C21H27N3O3. The fourth-order valence-electron chi connectivity index (χ4n) is 2.72. The standard InChI is InChI=1S/C21H27N3O3/c1-3-25-15-17-7-5-16(6-8-17)14-23-21(22-2)24-18-9-10-19-20(13-18)27-12-4-11-26-19/h5-10,13H,3-4,11-12,14-15H2,1-2H3,(H2,22,23,24). The molecule has 0 saturated carbocycles. The van der Waals surface area contributed by atoms with Gasteiger partial charge >= 0.3 is 0 Å². The molecule has 0 spiro atoms. The first kappa shape index (κ1) is 19.0. The molecule has 6 nitrogen and oxygen atoms in total. The molecule has 0 amide bonds. The predicted octanol–water partition coefficient (Wildman–Crippen LogP) is 3.57. The fourth-order valence-corrected chi connectivity index (χ4v) is 2.72. The molecule has 2 N–H and O–H groups in total. The molecular weight excluding hydrogens is 342 g/mol. The van der Waals surface area contributed by atoms with E-state index in [4.69, 9.17) is 14.2 Å². The van der Waals surface area contributed by atoms with Crippen molar-refractivity contribution < 1.29 is 14.2 Å². The first-order chi connectivity index (χ1) is 13.3. The van der Waals surface area contributed by atoms with Crippen LogP contribution >= 0.6 is 0 Å². The Kier molecular flexibility index (Phi) is 6.93. The van der Waals surface area contributed by atoms with Crippen LogP contribution in [0.25, 0.3) is 0 Å². The van der Waals surface area contributed by atoms with E-state index in [9.17, 15) is 0 Å². The lowest BCUT2D eigenvalue weighted by molar-refractivity contribution is 0.134. The van der Waals surface area contributed by atoms with Gasteiger partial charge in [0.2, 0.25) is 0 Å². The van der Waals surface area contributed by atoms with Gasteiger partial charge in [0.25, 0.3) is 0 Å². The molecule has 0 aromatic heterocycles. The zero-order chi connectivity index (χ0) is 18.9. The molecule has 0 aliphatic carbocycles. The van der Waals surface area contributed by atoms with Crippen LogP contribution in [-0.2, 0) is 17.9 Å². The lowest BCUT2D eigenvalue weighted by Crippen LogP contribution is -2.30. The maximum atomic E-state index is 5.74. The Morgan fingerprint density at radius 3 is 2.52 bits per heavy atom. The summed E-state index contributed by atoms with van der Waals surface area (Å²) in [5, 5.41) is 6.62. The molecule has 0 atom stereocenters. The Morgan fingerprint density at radius 1 is 1.04 bits per heavy atom. The second-order valence-electron chi connectivity index (χ2n) is 6.22. The van der Waals surface area contributed by atoms with Gasteiger partial charge in [0.05, 0.1) is 19.8 Å². The molecule has 0 bridgehead atoms. The Balaban J connectivity index is 1.56. The number of hydrogen-bond donors (Lipinski definition) is 2. The molecule has 1 aliphatic rings. The summed E-state index contributed by atoms with van der Waals surface area (Å²) in [7, 11) is 1.75. The van der Waals surface area contributed by atoms with Crippen LogP contribution in [-0.4, -0.2) is 32.8 Å². The Hall–Kier alpha value is -2.73. The van der Waals surface area contributed by atoms with E-state index in [1.807, 2.05) is 25.1 Å². The van der Waals surface area contributed by atoms with Crippen molar-refractivity contribution in [2.45, 2.75) is 26.5 Å². The van der Waals surface area contributed by atoms with Crippen LogP contribution < -0.4 is 20.1 Å². The summed E-state index contributed by atoms with van der Waals surface area (Å²) in [5.41, 5.74) is 3.26. The monoisotopic (exact) mass is 369 g/mol. The van der Waals surface area contributed by atoms with Crippen LogP contribution in [0.5, 0.6) is 11.5 Å². The van der Waals surface area contributed by atoms with E-state index in [1.54, 1.807) is 7.05 Å². The third-order valence-electron chi connectivity index (χ3n) is 4.19. The topological polar surface area (TPSA) is 64.1 Å². The van der Waals surface area contributed by atoms with Crippen LogP contribution in [0, 0.1) is 0 Å². The quantitative estimate of drug-likeness (QED) is 0.602. The Morgan fingerprint density at radius 2 is 1.78 bits per heavy atom. The van der Waals surface area contributed by atoms with Crippen molar-refractivity contribution >= 4 is 11.6 Å². The molecule has 6 heteroatoms. The number of anilines is 1. The zero-order valence-corrected chi connectivity index (χ0v) is 16.0. The lowest BCUT2D eigenvalue weighted by atomic mass is 10.1. The van der Waals surface area contributed by atoms with Crippen molar-refractivity contribution in [3.63, 3.8) is 0 Å². The predicted molar refractivity (Wildman–Crippen MR) is 108 cm³/mol. The van der Waals surface area contributed by atoms with Crippen molar-refractivity contribution in [3.8, 4) is 11.5 Å². The average molecular weight is 369 g/mol. The van der Waals surface area contributed by atoms with E-state index in [2.05, 4.69) is 39.9 Å². The van der Waals surface area contributed by atoms with Crippen LogP contribution in [0.4, 0.5) is 5.69 Å². The molecule has 0 unspecified atom stereocenters. The van der Waals surface area contributed by atoms with Gasteiger partial charge < -0.3 is 24.8 Å². The van der Waals surface area contributed by atoms with Gasteiger partial charge in [0, 0.05) is 38.4 Å². The summed E-state index contributed by atoms with van der Waals surface area (Å²) >= 11 is 0. The molecule has 2 aromatic carbocycles. The number of guanidine groups is 1. The average Bonchev–Trinajstić information content (AvgIpc) is 2.95. The minimum Gasteiger partial charge on any atom is -0.490 e. The van der Waals surface area contributed by atoms with E-state index in [-0.39, 0.29) is 0 Å². The summed E-state index contributed by atoms with van der Waals surface area (Å²) < 4.78 is 16.8. The van der Waals surface area contributed by atoms with E-state index in [1.165, 1.54) is 11.1 Å². The third kappa shape index (κ3) is 5.62. The molecule has 3 rings (SSSR count). The summed E-state index contributed by atoms with van der Waals surface area (Å²) in [5.74, 6) is 2.24. The summed E-state index contributed by atoms with van der Waals surface area (Å²) in [6.07, 6.45) is 0.893. The van der Waals surface area contributed by atoms with Gasteiger partial charge in [-0.1, -0.05) is 24.3 Å². The van der Waals surface area contributed by atoms with Gasteiger partial charge in [-0.25, -0.2) is 0 Å². The normalized spacial score (nSPS) is 13.8. The highest BCUT2D eigenvalue weighted by Crippen LogP contribution is 2.32. The fraction of sp³-hybridized carbons (Fsp3) is 0.381. The number of nitrogens with zero attached hydrogens (tertiary/aromatic N) is 1. The second-order valence-corrected chi connectivity index (χ2v) is 6.22. The molecule has 1 aliphatic heterocycles. The SMILES string of the molecule is CCOCc1ccc(CNC(=NC)Nc2ccc3c(c2)OCCCO3)cc1. The maximum Gasteiger partial charge on any atom is 0.195 e. The van der Waals surface area contributed by atoms with E-state index < -0.39 is 0 Å². The number of benzene rings is 2. The van der Waals surface area contributed by atoms with Gasteiger partial charge in [-0.3, -0.25) is 4.99 Å². The summed E-state index contributed by atoms with van der Waals surface area (Å²) in [4.78, 5) is 4.29. The highest BCUT2D eigenvalue weighted by molar-refractivity contribution is 5.93. The van der Waals surface area contributed by atoms with Crippen molar-refractivity contribution in [2.75, 3.05) is 32.2 Å². The van der Waals surface area contributed by atoms with Gasteiger partial charge in [0.15, 0.2) is 17.5 Å². The number of nitrogens with one attached hydrogen (secondary N) is 2. The minimum atomic E-state index is 0.650. The van der Waals surface area contributed by atoms with Crippen molar-refractivity contribution in [1.29, 1.82) is 0 Å². The van der Waals surface area contributed by atoms with Crippen molar-refractivity contribution in [1.82, 2.24) is 5.32 Å². The lowest BCUT2D eigenvalue weighted by Gasteiger charge is -2.14. The number of rotatable bonds is 6. The molecule has 2 aromatic rings. The van der Waals surface area contributed by atoms with Crippen LogP contribution in [0.2, 0.25) is 0 Å². The molecule has 1 heterocycles. The second kappa shape index (κ2) is 9.83. The van der Waals surface area contributed by atoms with E-state index >= 15 is 0 Å². The van der Waals surface area contributed by atoms with Crippen LogP contribution in [0.3, 0.4) is 0 Å². The van der Waals surface area contributed by atoms with Crippen LogP contribution in [0.15, 0.2) is 47.5 Å². The molecule has 0 fully saturated rings. The number of aliphatic imine (C=N–C) groups is 1. The number of hydrogen-bond acceptors (Lipinski definition) is 4. The highest BCUT2D eigenvalue weighted by atomic mass is 16.5. The van der Waals surface area contributed by atoms with Gasteiger partial charge in [-0.15, -0.1) is 0 Å². The Labute approximate surface area is 160 Å². The van der Waals surface area contributed by atoms with Crippen LogP contribution in [0.1, 0.15) is 24.5 Å². The molecule has 27 heavy (non-hydrogen) atoms. The third-order valence-corrected chi connectivity index (χ3v) is 4.19. The number of fused-ring (bicyclic) bond motifs is 1. The van der Waals surface area contributed by atoms with E-state index in [0.717, 1.165) is 30.2 Å². The summed E-state index contributed by atoms with van der Waals surface area (Å²) in [6, 6.07) is 14.2. The largest absolute Gasteiger partial charge is 0.490 e. The Bertz CT molecular complexity index is 760. The first-order valence-corrected chi connectivity index (χ1v) is 9.31. The first-order valence-electron chi connectivity index (χ1n) is 9.31. The van der Waals surface area contributed by atoms with Gasteiger partial charge in [-0.2, -0.15) is 0 Å². The molecule has 144 valence electrons. The molecule has 0 saturated heterocycles. The zero-order valence-electron chi connectivity index (χ0n) is 16.0. The minimum absolute atomic E-state index is 0.650. The summed E-state index contributed by atoms with van der Waals surface area (Å²) in [6.45, 7) is 5.41. The molecule has 0 radical (unpaired) electrons. The van der Waals surface area contributed by atoms with E-state index in [0.29, 0.717) is 32.3 Å². The highest BCUT2D eigenvalue weighted by Gasteiger charge is 2.11. The van der Waals surface area contributed by atoms with Crippen molar-refractivity contribution in [3.05, 3.63) is 53.6 Å². The van der Waals surface area contributed by atoms with Gasteiger partial charge in [0.1, 0.15) is 0 Å². The smallest absolute Gasteiger partial charge is 0.195 e. The van der Waals surface area contributed by atoms with Crippen molar-refractivity contribution in [2.24, 2.45) is 4.99 Å². The maximum absolute atomic E-state index is 5.74.